The Morgan fingerprint density at radius 1 is 1.07 bits per heavy atom. The topological polar surface area (TPSA) is 77.0 Å². The van der Waals surface area contributed by atoms with E-state index in [0.29, 0.717) is 19.1 Å². The standard InChI is InChI=1S/C24H24N4O2/c29-24(21-5-3-13-30-21)27-14-16-6-8-17(9-7-16)22-19(20-4-1-2-12-25-20)15-26-23(28-22)18-10-11-18/h1-2,4,6-9,12,15,18,21H,3,5,10-11,13-14H2,(H,27,29)/t21-/m1/s1. The van der Waals surface area contributed by atoms with Crippen molar-refractivity contribution in [2.45, 2.75) is 44.2 Å². The Balaban J connectivity index is 1.38. The van der Waals surface area contributed by atoms with Crippen molar-refractivity contribution in [3.63, 3.8) is 0 Å². The van der Waals surface area contributed by atoms with Gasteiger partial charge in [-0.1, -0.05) is 30.3 Å². The van der Waals surface area contributed by atoms with Crippen LogP contribution >= 0.6 is 0 Å². The van der Waals surface area contributed by atoms with E-state index in [9.17, 15) is 4.79 Å². The van der Waals surface area contributed by atoms with Crippen molar-refractivity contribution in [1.82, 2.24) is 20.3 Å². The van der Waals surface area contributed by atoms with Crippen LogP contribution in [0.5, 0.6) is 0 Å². The van der Waals surface area contributed by atoms with E-state index in [0.717, 1.165) is 59.6 Å². The molecule has 152 valence electrons. The number of aromatic nitrogens is 3. The molecule has 1 N–H and O–H groups in total. The molecule has 1 aliphatic heterocycles. The molecule has 1 saturated heterocycles. The van der Waals surface area contributed by atoms with Crippen LogP contribution in [0.25, 0.3) is 22.5 Å². The largest absolute Gasteiger partial charge is 0.368 e. The average Bonchev–Trinajstić information content (AvgIpc) is 3.51. The van der Waals surface area contributed by atoms with Crippen LogP contribution in [0.2, 0.25) is 0 Å². The van der Waals surface area contributed by atoms with E-state index in [1.165, 1.54) is 0 Å². The van der Waals surface area contributed by atoms with Gasteiger partial charge < -0.3 is 10.1 Å². The quantitative estimate of drug-likeness (QED) is 0.680. The van der Waals surface area contributed by atoms with E-state index < -0.39 is 0 Å². The van der Waals surface area contributed by atoms with Crippen LogP contribution in [-0.2, 0) is 16.1 Å². The minimum absolute atomic E-state index is 0.0288. The van der Waals surface area contributed by atoms with Gasteiger partial charge in [-0.05, 0) is 43.4 Å². The maximum atomic E-state index is 12.2. The molecule has 0 radical (unpaired) electrons. The summed E-state index contributed by atoms with van der Waals surface area (Å²) in [5.41, 5.74) is 4.76. The highest BCUT2D eigenvalue weighted by Crippen LogP contribution is 2.40. The Morgan fingerprint density at radius 2 is 1.93 bits per heavy atom. The van der Waals surface area contributed by atoms with Crippen molar-refractivity contribution >= 4 is 5.91 Å². The molecule has 1 saturated carbocycles. The van der Waals surface area contributed by atoms with Crippen molar-refractivity contribution < 1.29 is 9.53 Å². The maximum absolute atomic E-state index is 12.2. The van der Waals surface area contributed by atoms with Gasteiger partial charge in [0.2, 0.25) is 5.91 Å². The van der Waals surface area contributed by atoms with E-state index in [1.54, 1.807) is 6.20 Å². The van der Waals surface area contributed by atoms with E-state index in [-0.39, 0.29) is 12.0 Å². The third kappa shape index (κ3) is 4.09. The van der Waals surface area contributed by atoms with Gasteiger partial charge in [0.25, 0.3) is 0 Å². The number of hydrogen-bond donors (Lipinski definition) is 1. The van der Waals surface area contributed by atoms with Crippen LogP contribution in [0.4, 0.5) is 0 Å². The van der Waals surface area contributed by atoms with Crippen LogP contribution in [0, 0.1) is 0 Å². The van der Waals surface area contributed by atoms with Gasteiger partial charge in [-0.25, -0.2) is 9.97 Å². The van der Waals surface area contributed by atoms with Crippen LogP contribution in [0.3, 0.4) is 0 Å². The molecule has 3 aromatic rings. The Kier molecular flexibility index (Phi) is 5.24. The van der Waals surface area contributed by atoms with Gasteiger partial charge in [0, 0.05) is 42.6 Å². The first-order chi connectivity index (χ1) is 14.8. The van der Waals surface area contributed by atoms with Crippen LogP contribution in [-0.4, -0.2) is 33.6 Å². The molecule has 5 rings (SSSR count). The predicted molar refractivity (Wildman–Crippen MR) is 113 cm³/mol. The van der Waals surface area contributed by atoms with Gasteiger partial charge in [-0.2, -0.15) is 0 Å². The summed E-state index contributed by atoms with van der Waals surface area (Å²) in [5.74, 6) is 1.37. The number of ether oxygens (including phenoxy) is 1. The Labute approximate surface area is 175 Å². The number of amides is 1. The lowest BCUT2D eigenvalue weighted by molar-refractivity contribution is -0.130. The summed E-state index contributed by atoms with van der Waals surface area (Å²) in [7, 11) is 0. The fraction of sp³-hybridized carbons (Fsp3) is 0.333. The molecule has 1 aromatic carbocycles. The molecule has 2 aromatic heterocycles. The smallest absolute Gasteiger partial charge is 0.249 e. The average molecular weight is 400 g/mol. The molecule has 30 heavy (non-hydrogen) atoms. The highest BCUT2D eigenvalue weighted by atomic mass is 16.5. The second-order valence-corrected chi connectivity index (χ2v) is 7.90. The number of rotatable bonds is 6. The van der Waals surface area contributed by atoms with E-state index in [2.05, 4.69) is 27.4 Å². The maximum Gasteiger partial charge on any atom is 0.249 e. The van der Waals surface area contributed by atoms with Crippen molar-refractivity contribution in [3.05, 3.63) is 66.2 Å². The van der Waals surface area contributed by atoms with Crippen molar-refractivity contribution in [2.75, 3.05) is 6.61 Å². The molecule has 0 spiro atoms. The second-order valence-electron chi connectivity index (χ2n) is 7.90. The molecular formula is C24H24N4O2. The molecule has 6 heteroatoms. The molecule has 1 atom stereocenters. The van der Waals surface area contributed by atoms with Gasteiger partial charge in [-0.3, -0.25) is 9.78 Å². The van der Waals surface area contributed by atoms with Crippen LogP contribution in [0.1, 0.15) is 43.0 Å². The molecule has 3 heterocycles. The highest BCUT2D eigenvalue weighted by Gasteiger charge is 2.28. The first-order valence-corrected chi connectivity index (χ1v) is 10.5. The van der Waals surface area contributed by atoms with Crippen molar-refractivity contribution in [2.24, 2.45) is 0 Å². The number of benzene rings is 1. The highest BCUT2D eigenvalue weighted by molar-refractivity contribution is 5.81. The van der Waals surface area contributed by atoms with E-state index >= 15 is 0 Å². The summed E-state index contributed by atoms with van der Waals surface area (Å²) in [6.07, 6.45) is 7.46. The van der Waals surface area contributed by atoms with Gasteiger partial charge in [-0.15, -0.1) is 0 Å². The number of nitrogens with one attached hydrogen (secondary N) is 1. The van der Waals surface area contributed by atoms with E-state index in [4.69, 9.17) is 9.72 Å². The summed E-state index contributed by atoms with van der Waals surface area (Å²) in [6, 6.07) is 14.0. The van der Waals surface area contributed by atoms with Crippen molar-refractivity contribution in [1.29, 1.82) is 0 Å². The van der Waals surface area contributed by atoms with Gasteiger partial charge in [0.05, 0.1) is 11.4 Å². The number of pyridine rings is 1. The molecule has 6 nitrogen and oxygen atoms in total. The Morgan fingerprint density at radius 3 is 2.63 bits per heavy atom. The SMILES string of the molecule is O=C(NCc1ccc(-c2nc(C3CC3)ncc2-c2ccccn2)cc1)[C@H]1CCCO1. The summed E-state index contributed by atoms with van der Waals surface area (Å²) in [5, 5.41) is 2.97. The van der Waals surface area contributed by atoms with Gasteiger partial charge >= 0.3 is 0 Å². The molecule has 1 aliphatic carbocycles. The monoisotopic (exact) mass is 400 g/mol. The fourth-order valence-corrected chi connectivity index (χ4v) is 3.73. The number of hydrogen-bond acceptors (Lipinski definition) is 5. The number of carbonyl (C=O) groups excluding carboxylic acids is 1. The third-order valence-electron chi connectivity index (χ3n) is 5.61. The zero-order valence-electron chi connectivity index (χ0n) is 16.8. The molecular weight excluding hydrogens is 376 g/mol. The lowest BCUT2D eigenvalue weighted by Gasteiger charge is -2.12. The molecule has 0 bridgehead atoms. The Hall–Kier alpha value is -3.12. The summed E-state index contributed by atoms with van der Waals surface area (Å²) in [6.45, 7) is 1.16. The number of nitrogens with zero attached hydrogens (tertiary/aromatic N) is 3. The Bertz CT molecular complexity index is 1030. The minimum atomic E-state index is -0.299. The fourth-order valence-electron chi connectivity index (χ4n) is 3.73. The number of carbonyl (C=O) groups is 1. The molecule has 0 unspecified atom stereocenters. The first kappa shape index (κ1) is 18.9. The molecule has 2 fully saturated rings. The lowest BCUT2D eigenvalue weighted by Crippen LogP contribution is -2.33. The summed E-state index contributed by atoms with van der Waals surface area (Å²) < 4.78 is 5.44. The van der Waals surface area contributed by atoms with Crippen LogP contribution in [0.15, 0.2) is 54.9 Å². The van der Waals surface area contributed by atoms with Gasteiger partial charge in [0.1, 0.15) is 11.9 Å². The third-order valence-corrected chi connectivity index (χ3v) is 5.61. The molecule has 2 aliphatic rings. The summed E-state index contributed by atoms with van der Waals surface area (Å²) in [4.78, 5) is 26.1. The lowest BCUT2D eigenvalue weighted by atomic mass is 10.0. The van der Waals surface area contributed by atoms with Crippen molar-refractivity contribution in [3.8, 4) is 22.5 Å². The minimum Gasteiger partial charge on any atom is -0.368 e. The van der Waals surface area contributed by atoms with E-state index in [1.807, 2.05) is 36.5 Å². The predicted octanol–water partition coefficient (Wildman–Crippen LogP) is 3.88. The van der Waals surface area contributed by atoms with Crippen LogP contribution < -0.4 is 5.32 Å². The second kappa shape index (κ2) is 8.32. The normalized spacial score (nSPS) is 18.3. The summed E-state index contributed by atoms with van der Waals surface area (Å²) >= 11 is 0. The first-order valence-electron chi connectivity index (χ1n) is 10.5. The molecule has 1 amide bonds. The van der Waals surface area contributed by atoms with Gasteiger partial charge in [0.15, 0.2) is 0 Å². The zero-order chi connectivity index (χ0) is 20.3. The zero-order valence-corrected chi connectivity index (χ0v) is 16.8.